The molecule has 0 saturated carbocycles. The number of pyridine rings is 1. The Balaban J connectivity index is 1.55. The van der Waals surface area contributed by atoms with Crippen molar-refractivity contribution < 1.29 is 9.53 Å². The Morgan fingerprint density at radius 3 is 2.68 bits per heavy atom. The second-order valence-corrected chi connectivity index (χ2v) is 6.13. The zero-order chi connectivity index (χ0) is 15.6. The van der Waals surface area contributed by atoms with Crippen LogP contribution in [-0.2, 0) is 16.0 Å². The molecule has 22 heavy (non-hydrogen) atoms. The number of ether oxygens (including phenoxy) is 1. The van der Waals surface area contributed by atoms with Gasteiger partial charge in [0.1, 0.15) is 0 Å². The van der Waals surface area contributed by atoms with E-state index in [0.717, 1.165) is 25.4 Å². The molecule has 0 unspecified atom stereocenters. The summed E-state index contributed by atoms with van der Waals surface area (Å²) in [5.41, 5.74) is 1.39. The Morgan fingerprint density at radius 2 is 2.00 bits per heavy atom. The lowest BCUT2D eigenvalue weighted by molar-refractivity contribution is -0.144. The summed E-state index contributed by atoms with van der Waals surface area (Å²) in [4.78, 5) is 17.7. The number of esters is 1. The third-order valence-electron chi connectivity index (χ3n) is 4.44. The van der Waals surface area contributed by atoms with Crippen LogP contribution >= 0.6 is 0 Å². The van der Waals surface area contributed by atoms with Crippen LogP contribution in [0.4, 0.5) is 0 Å². The molecule has 122 valence electrons. The highest BCUT2D eigenvalue weighted by atomic mass is 16.5. The van der Waals surface area contributed by atoms with Crippen molar-refractivity contribution in [2.45, 2.75) is 45.4 Å². The van der Waals surface area contributed by atoms with Gasteiger partial charge in [-0.1, -0.05) is 12.8 Å². The van der Waals surface area contributed by atoms with E-state index in [1.165, 1.54) is 37.7 Å². The Hall–Kier alpha value is -1.42. The van der Waals surface area contributed by atoms with Gasteiger partial charge in [0.2, 0.25) is 0 Å². The lowest BCUT2D eigenvalue weighted by Gasteiger charge is -2.31. The highest BCUT2D eigenvalue weighted by molar-refractivity contribution is 5.71. The molecule has 2 heterocycles. The van der Waals surface area contributed by atoms with E-state index in [2.05, 4.69) is 22.0 Å². The molecule has 0 aromatic carbocycles. The molecule has 1 aliphatic rings. The summed E-state index contributed by atoms with van der Waals surface area (Å²) >= 11 is 0. The van der Waals surface area contributed by atoms with E-state index in [-0.39, 0.29) is 5.97 Å². The number of hydrogen-bond acceptors (Lipinski definition) is 4. The number of nitrogens with zero attached hydrogens (tertiary/aromatic N) is 2. The molecule has 0 aliphatic carbocycles. The highest BCUT2D eigenvalue weighted by Crippen LogP contribution is 2.23. The maximum absolute atomic E-state index is 11.5. The fourth-order valence-corrected chi connectivity index (χ4v) is 3.13. The molecule has 0 radical (unpaired) electrons. The largest absolute Gasteiger partial charge is 0.465 e. The summed E-state index contributed by atoms with van der Waals surface area (Å²) in [6.45, 7) is 4.87. The van der Waals surface area contributed by atoms with Crippen LogP contribution in [0.5, 0.6) is 0 Å². The lowest BCUT2D eigenvalue weighted by Crippen LogP contribution is -2.38. The van der Waals surface area contributed by atoms with Crippen LogP contribution in [0.1, 0.15) is 44.6 Å². The first-order chi connectivity index (χ1) is 10.8. The predicted molar refractivity (Wildman–Crippen MR) is 87.6 cm³/mol. The van der Waals surface area contributed by atoms with E-state index in [1.807, 2.05) is 19.3 Å². The first-order valence-corrected chi connectivity index (χ1v) is 8.54. The van der Waals surface area contributed by atoms with Crippen LogP contribution in [0.2, 0.25) is 0 Å². The molecule has 1 aromatic rings. The minimum Gasteiger partial charge on any atom is -0.465 e. The van der Waals surface area contributed by atoms with Crippen molar-refractivity contribution in [2.75, 3.05) is 26.2 Å². The Morgan fingerprint density at radius 1 is 1.27 bits per heavy atom. The summed E-state index contributed by atoms with van der Waals surface area (Å²) in [6.07, 6.45) is 11.2. The summed E-state index contributed by atoms with van der Waals surface area (Å²) in [7, 11) is 0. The molecule has 0 atom stereocenters. The number of carbonyl (C=O) groups is 1. The van der Waals surface area contributed by atoms with Crippen molar-refractivity contribution in [1.29, 1.82) is 0 Å². The van der Waals surface area contributed by atoms with Gasteiger partial charge in [-0.2, -0.15) is 0 Å². The van der Waals surface area contributed by atoms with Crippen molar-refractivity contribution in [3.8, 4) is 0 Å². The maximum atomic E-state index is 11.5. The average molecular weight is 304 g/mol. The first-order valence-electron chi connectivity index (χ1n) is 8.54. The molecule has 4 nitrogen and oxygen atoms in total. The van der Waals surface area contributed by atoms with Crippen molar-refractivity contribution >= 4 is 5.97 Å². The number of aromatic nitrogens is 1. The third-order valence-corrected chi connectivity index (χ3v) is 4.44. The second-order valence-electron chi connectivity index (χ2n) is 6.13. The van der Waals surface area contributed by atoms with Gasteiger partial charge in [0.15, 0.2) is 0 Å². The van der Waals surface area contributed by atoms with Crippen LogP contribution in [0.15, 0.2) is 24.5 Å². The van der Waals surface area contributed by atoms with Gasteiger partial charge in [-0.3, -0.25) is 14.7 Å². The molecule has 0 N–H and O–H groups in total. The molecule has 4 heteroatoms. The first kappa shape index (κ1) is 16.9. The molecule has 1 saturated heterocycles. The SMILES string of the molecule is CCOC(=O)CN1CCC(CCCCc2ccncc2)CC1. The quantitative estimate of drug-likeness (QED) is 0.547. The van der Waals surface area contributed by atoms with Crippen LogP contribution in [0.3, 0.4) is 0 Å². The normalized spacial score (nSPS) is 16.6. The topological polar surface area (TPSA) is 42.4 Å². The van der Waals surface area contributed by atoms with E-state index in [1.54, 1.807) is 0 Å². The number of hydrogen-bond donors (Lipinski definition) is 0. The Kier molecular flexibility index (Phi) is 7.37. The Labute approximate surface area is 133 Å². The van der Waals surface area contributed by atoms with Gasteiger partial charge in [-0.25, -0.2) is 0 Å². The number of likely N-dealkylation sites (tertiary alicyclic amines) is 1. The third kappa shape index (κ3) is 6.14. The fraction of sp³-hybridized carbons (Fsp3) is 0.667. The number of carbonyl (C=O) groups excluding carboxylic acids is 1. The van der Waals surface area contributed by atoms with E-state index in [0.29, 0.717) is 13.2 Å². The van der Waals surface area contributed by atoms with Gasteiger partial charge in [0, 0.05) is 12.4 Å². The van der Waals surface area contributed by atoms with E-state index in [4.69, 9.17) is 4.74 Å². The van der Waals surface area contributed by atoms with Crippen LogP contribution < -0.4 is 0 Å². The molecule has 0 bridgehead atoms. The highest BCUT2D eigenvalue weighted by Gasteiger charge is 2.20. The second kappa shape index (κ2) is 9.57. The monoisotopic (exact) mass is 304 g/mol. The number of piperidine rings is 1. The average Bonchev–Trinajstić information content (AvgIpc) is 2.54. The van der Waals surface area contributed by atoms with Gasteiger partial charge < -0.3 is 4.74 Å². The zero-order valence-electron chi connectivity index (χ0n) is 13.7. The molecule has 0 amide bonds. The van der Waals surface area contributed by atoms with Crippen molar-refractivity contribution in [3.63, 3.8) is 0 Å². The molecule has 1 aliphatic heterocycles. The van der Waals surface area contributed by atoms with Crippen molar-refractivity contribution in [2.24, 2.45) is 5.92 Å². The van der Waals surface area contributed by atoms with E-state index < -0.39 is 0 Å². The van der Waals surface area contributed by atoms with Gasteiger partial charge in [-0.05, 0) is 69.3 Å². The van der Waals surface area contributed by atoms with Gasteiger partial charge >= 0.3 is 5.97 Å². The standard InChI is InChI=1S/C18H28N2O2/c1-2-22-18(21)15-20-13-9-17(10-14-20)6-4-3-5-16-7-11-19-12-8-16/h7-8,11-12,17H,2-6,9-10,13-15H2,1H3. The van der Waals surface area contributed by atoms with Gasteiger partial charge in [0.25, 0.3) is 0 Å². The van der Waals surface area contributed by atoms with E-state index >= 15 is 0 Å². The maximum Gasteiger partial charge on any atom is 0.320 e. The number of rotatable bonds is 8. The molecule has 1 fully saturated rings. The van der Waals surface area contributed by atoms with Gasteiger partial charge in [0.05, 0.1) is 13.2 Å². The van der Waals surface area contributed by atoms with Crippen molar-refractivity contribution in [3.05, 3.63) is 30.1 Å². The fourth-order valence-electron chi connectivity index (χ4n) is 3.13. The van der Waals surface area contributed by atoms with Gasteiger partial charge in [-0.15, -0.1) is 0 Å². The lowest BCUT2D eigenvalue weighted by atomic mass is 9.91. The molecule has 0 spiro atoms. The molecular weight excluding hydrogens is 276 g/mol. The molecule has 2 rings (SSSR count). The minimum atomic E-state index is -0.0849. The summed E-state index contributed by atoms with van der Waals surface area (Å²) < 4.78 is 5.01. The Bertz CT molecular complexity index is 428. The number of unbranched alkanes of at least 4 members (excludes halogenated alkanes) is 1. The van der Waals surface area contributed by atoms with Crippen molar-refractivity contribution in [1.82, 2.24) is 9.88 Å². The summed E-state index contributed by atoms with van der Waals surface area (Å²) in [5.74, 6) is 0.745. The zero-order valence-corrected chi connectivity index (χ0v) is 13.7. The van der Waals surface area contributed by atoms with Crippen LogP contribution in [0, 0.1) is 5.92 Å². The molecular formula is C18H28N2O2. The summed E-state index contributed by atoms with van der Waals surface area (Å²) in [6, 6.07) is 4.21. The molecule has 1 aromatic heterocycles. The number of aryl methyl sites for hydroxylation is 1. The smallest absolute Gasteiger partial charge is 0.320 e. The van der Waals surface area contributed by atoms with E-state index in [9.17, 15) is 4.79 Å². The summed E-state index contributed by atoms with van der Waals surface area (Å²) in [5, 5.41) is 0. The van der Waals surface area contributed by atoms with Crippen LogP contribution in [0.25, 0.3) is 0 Å². The van der Waals surface area contributed by atoms with Crippen LogP contribution in [-0.4, -0.2) is 42.1 Å². The predicted octanol–water partition coefficient (Wildman–Crippen LogP) is 3.07. The minimum absolute atomic E-state index is 0.0849.